The second kappa shape index (κ2) is 20.9. The second-order valence-electron chi connectivity index (χ2n) is 20.6. The Labute approximate surface area is 402 Å². The molecule has 2 aromatic heterocycles. The van der Waals surface area contributed by atoms with Crippen LogP contribution in [-0.4, -0.2) is 127 Å². The van der Waals surface area contributed by atoms with Gasteiger partial charge in [-0.2, -0.15) is 0 Å². The number of cyclic esters (lactones) is 1. The molecule has 3 N–H and O–H groups in total. The van der Waals surface area contributed by atoms with Crippen molar-refractivity contribution in [2.45, 2.75) is 110 Å². The molecule has 4 fully saturated rings. The van der Waals surface area contributed by atoms with Crippen LogP contribution in [0.4, 0.5) is 0 Å². The van der Waals surface area contributed by atoms with Crippen LogP contribution in [0.15, 0.2) is 29.1 Å². The maximum Gasteiger partial charge on any atom is 0.340 e. The van der Waals surface area contributed by atoms with Crippen LogP contribution in [0.25, 0.3) is 22.3 Å². The fourth-order valence-electron chi connectivity index (χ4n) is 13.0. The Balaban J connectivity index is 0.600. The molecular formula is C52H68N4O13. The Morgan fingerprint density at radius 1 is 0.899 bits per heavy atom. The molecule has 2 amide bonds. The number of aliphatic hydroxyl groups excluding tert-OH is 1. The zero-order chi connectivity index (χ0) is 48.5. The molecule has 1 aromatic carbocycles. The van der Waals surface area contributed by atoms with Crippen LogP contribution >= 0.6 is 0 Å². The summed E-state index contributed by atoms with van der Waals surface area (Å²) in [6.45, 7) is 8.23. The molecule has 3 aromatic rings. The Hall–Kier alpha value is -4.78. The van der Waals surface area contributed by atoms with E-state index >= 15 is 0 Å². The van der Waals surface area contributed by atoms with E-state index in [9.17, 15) is 34.2 Å². The lowest BCUT2D eigenvalue weighted by Crippen LogP contribution is -2.54. The van der Waals surface area contributed by atoms with Crippen molar-refractivity contribution in [1.82, 2.24) is 19.8 Å². The molecular weight excluding hydrogens is 889 g/mol. The molecule has 4 heterocycles. The lowest BCUT2D eigenvalue weighted by Gasteiger charge is -2.60. The molecule has 3 unspecified atom stereocenters. The first-order chi connectivity index (χ1) is 33.3. The number of phenols is 1. The van der Waals surface area contributed by atoms with Crippen LogP contribution in [0.1, 0.15) is 106 Å². The Morgan fingerprint density at radius 2 is 1.62 bits per heavy atom. The average Bonchev–Trinajstić information content (AvgIpc) is 3.87. The standard InChI is InChI=1S/C52H68N4O13/c1-51-13-10-33(57)25-32(51)4-5-34-39-6-9-44(52(39,2)14-11-40(34)51)68-30-45(59)53-15-17-65-19-21-67-23-22-66-20-18-64-16-12-46(60)55(3)28-37-35-24-31-27-56-42(47(31)54-41(35)7-8-43(37)58)26-36-38(49(56)62)29-69-50(63)48(36)61/h7-8,24,26,32,34,39-40,44,48,58,61H,4-6,9-23,25,27-30H2,1-3H3,(H,53,59)/t32?,34-,39?,40?,44-,48-,51-,52-/m0/s1. The van der Waals surface area contributed by atoms with Gasteiger partial charge in [-0.05, 0) is 104 Å². The minimum Gasteiger partial charge on any atom is -0.508 e. The number of aliphatic hydroxyl groups is 1. The van der Waals surface area contributed by atoms with Gasteiger partial charge in [0.1, 0.15) is 24.7 Å². The molecule has 2 aliphatic heterocycles. The maximum absolute atomic E-state index is 13.3. The first-order valence-corrected chi connectivity index (χ1v) is 25.0. The van der Waals surface area contributed by atoms with Crippen LogP contribution in [0.3, 0.4) is 0 Å². The number of nitrogens with zero attached hydrogens (tertiary/aromatic N) is 3. The van der Waals surface area contributed by atoms with Crippen molar-refractivity contribution in [3.8, 4) is 17.1 Å². The van der Waals surface area contributed by atoms with Crippen molar-refractivity contribution < 1.29 is 57.8 Å². The van der Waals surface area contributed by atoms with Crippen molar-refractivity contribution in [3.63, 3.8) is 0 Å². The van der Waals surface area contributed by atoms with Gasteiger partial charge >= 0.3 is 5.97 Å². The topological polar surface area (TPSA) is 214 Å². The number of ether oxygens (including phenoxy) is 6. The van der Waals surface area contributed by atoms with Crippen LogP contribution < -0.4 is 10.9 Å². The second-order valence-corrected chi connectivity index (χ2v) is 20.6. The van der Waals surface area contributed by atoms with Gasteiger partial charge in [0.15, 0.2) is 6.10 Å². The predicted octanol–water partition coefficient (Wildman–Crippen LogP) is 4.75. The predicted molar refractivity (Wildman–Crippen MR) is 251 cm³/mol. The molecule has 4 saturated carbocycles. The third-order valence-electron chi connectivity index (χ3n) is 16.8. The largest absolute Gasteiger partial charge is 0.508 e. The van der Waals surface area contributed by atoms with Crippen LogP contribution in [-0.2, 0) is 67.3 Å². The third-order valence-corrected chi connectivity index (χ3v) is 16.8. The molecule has 17 nitrogen and oxygen atoms in total. The van der Waals surface area contributed by atoms with Gasteiger partial charge in [0.25, 0.3) is 5.56 Å². The highest BCUT2D eigenvalue weighted by Gasteiger charge is 2.60. The Morgan fingerprint density at radius 3 is 2.39 bits per heavy atom. The van der Waals surface area contributed by atoms with E-state index < -0.39 is 12.1 Å². The van der Waals surface area contributed by atoms with Crippen molar-refractivity contribution >= 4 is 34.5 Å². The van der Waals surface area contributed by atoms with Gasteiger partial charge < -0.3 is 53.4 Å². The Kier molecular flexibility index (Phi) is 14.9. The van der Waals surface area contributed by atoms with Crippen LogP contribution in [0.2, 0.25) is 0 Å². The number of hydrogen-bond donors (Lipinski definition) is 3. The van der Waals surface area contributed by atoms with Gasteiger partial charge in [0, 0.05) is 55.1 Å². The van der Waals surface area contributed by atoms with E-state index in [0.29, 0.717) is 116 Å². The SMILES string of the molecule is CN(Cc1c(O)ccc2nc3c(cc12)Cn1c-3cc2c(c1=O)COC(=O)[C@H]2O)C(=O)CCOCCOCCOCCOCCNC(=O)CO[C@H]1CCC2[C@@H]3CCC4CC(=O)CC[C@]4(C)C3CC[C@@]21C. The number of aromatic nitrogens is 2. The minimum absolute atomic E-state index is 0.00898. The number of benzene rings is 1. The molecule has 0 saturated heterocycles. The highest BCUT2D eigenvalue weighted by atomic mass is 16.6. The first kappa shape index (κ1) is 49.2. The van der Waals surface area contributed by atoms with E-state index in [-0.39, 0.29) is 85.1 Å². The smallest absolute Gasteiger partial charge is 0.340 e. The zero-order valence-electron chi connectivity index (χ0n) is 40.3. The number of pyridine rings is 2. The summed E-state index contributed by atoms with van der Waals surface area (Å²) in [5.74, 6) is 1.96. The summed E-state index contributed by atoms with van der Waals surface area (Å²) in [4.78, 5) is 69.6. The summed E-state index contributed by atoms with van der Waals surface area (Å²) in [5, 5.41) is 24.8. The van der Waals surface area contributed by atoms with Crippen molar-refractivity contribution in [2.24, 2.45) is 34.5 Å². The number of phenolic OH excluding ortho intramolecular Hbond substituents is 1. The van der Waals surface area contributed by atoms with Crippen LogP contribution in [0, 0.1) is 34.5 Å². The lowest BCUT2D eigenvalue weighted by molar-refractivity contribution is -0.157. The van der Waals surface area contributed by atoms with Crippen molar-refractivity contribution in [2.75, 3.05) is 73.1 Å². The number of esters is 1. The zero-order valence-corrected chi connectivity index (χ0v) is 40.3. The van der Waals surface area contributed by atoms with Crippen molar-refractivity contribution in [3.05, 3.63) is 56.9 Å². The summed E-state index contributed by atoms with van der Waals surface area (Å²) in [6.07, 6.45) is 8.20. The van der Waals surface area contributed by atoms with Gasteiger partial charge in [-0.25, -0.2) is 9.78 Å². The van der Waals surface area contributed by atoms with E-state index in [1.54, 1.807) is 19.2 Å². The fraction of sp³-hybridized carbons (Fsp3) is 0.654. The number of ketones is 1. The van der Waals surface area contributed by atoms with Crippen LogP contribution in [0.5, 0.6) is 5.75 Å². The molecule has 69 heavy (non-hydrogen) atoms. The third kappa shape index (κ3) is 9.96. The molecule has 17 heteroatoms. The number of amides is 2. The van der Waals surface area contributed by atoms with E-state index in [1.165, 1.54) is 41.2 Å². The number of fused-ring (bicyclic) bond motifs is 10. The molecule has 0 radical (unpaired) electrons. The van der Waals surface area contributed by atoms with E-state index in [0.717, 1.165) is 37.7 Å². The Bertz CT molecular complexity index is 2490. The number of aromatic hydroxyl groups is 1. The van der Waals surface area contributed by atoms with Crippen molar-refractivity contribution in [1.29, 1.82) is 0 Å². The summed E-state index contributed by atoms with van der Waals surface area (Å²) >= 11 is 0. The quantitative estimate of drug-likeness (QED) is 0.0806. The molecule has 374 valence electrons. The van der Waals surface area contributed by atoms with Gasteiger partial charge in [0.05, 0.1) is 94.4 Å². The maximum atomic E-state index is 13.3. The number of carbonyl (C=O) groups excluding carboxylic acids is 4. The first-order valence-electron chi connectivity index (χ1n) is 25.0. The molecule has 4 aliphatic carbocycles. The van der Waals surface area contributed by atoms with Gasteiger partial charge in [0.2, 0.25) is 11.8 Å². The summed E-state index contributed by atoms with van der Waals surface area (Å²) < 4.78 is 35.3. The van der Waals surface area contributed by atoms with E-state index in [1.807, 2.05) is 6.07 Å². The summed E-state index contributed by atoms with van der Waals surface area (Å²) in [6, 6.07) is 6.67. The van der Waals surface area contributed by atoms with E-state index in [2.05, 4.69) is 19.2 Å². The highest BCUT2D eigenvalue weighted by Crippen LogP contribution is 2.66. The lowest BCUT2D eigenvalue weighted by atomic mass is 9.45. The minimum atomic E-state index is -1.55. The van der Waals surface area contributed by atoms with E-state index in [4.69, 9.17) is 33.4 Å². The summed E-state index contributed by atoms with van der Waals surface area (Å²) in [7, 11) is 1.65. The number of rotatable bonds is 20. The number of Topliss-reactive ketones (excluding diaryl/α,β-unsaturated/α-hetero) is 1. The number of nitrogens with one attached hydrogen (secondary N) is 1. The molecule has 9 rings (SSSR count). The monoisotopic (exact) mass is 956 g/mol. The van der Waals surface area contributed by atoms with Gasteiger partial charge in [-0.1, -0.05) is 13.8 Å². The molecule has 0 spiro atoms. The summed E-state index contributed by atoms with van der Waals surface area (Å²) in [5.41, 5.74) is 3.32. The molecule has 8 atom stereocenters. The molecule has 0 bridgehead atoms. The number of carbonyl (C=O) groups is 4. The molecule has 6 aliphatic rings. The van der Waals surface area contributed by atoms with Gasteiger partial charge in [-0.15, -0.1) is 0 Å². The fourth-order valence-corrected chi connectivity index (χ4v) is 13.0. The number of hydrogen-bond acceptors (Lipinski definition) is 14. The van der Waals surface area contributed by atoms with Gasteiger partial charge in [-0.3, -0.25) is 19.2 Å². The normalized spacial score (nSPS) is 27.7. The average molecular weight is 957 g/mol. The highest BCUT2D eigenvalue weighted by molar-refractivity contribution is 5.89.